The highest BCUT2D eigenvalue weighted by Crippen LogP contribution is 2.15. The summed E-state index contributed by atoms with van der Waals surface area (Å²) in [4.78, 5) is 15.7. The number of nitrogens with zero attached hydrogens (tertiary/aromatic N) is 1. The number of aliphatic hydroxyl groups is 1. The maximum absolute atomic E-state index is 11.7. The predicted octanol–water partition coefficient (Wildman–Crippen LogP) is 1.54. The Morgan fingerprint density at radius 1 is 1.62 bits per heavy atom. The summed E-state index contributed by atoms with van der Waals surface area (Å²) in [7, 11) is 0. The number of hydrogen-bond acceptors (Lipinski definition) is 3. The molecular formula is C11H15ClN2O2. The van der Waals surface area contributed by atoms with E-state index in [0.717, 1.165) is 5.69 Å². The summed E-state index contributed by atoms with van der Waals surface area (Å²) >= 11 is 5.91. The van der Waals surface area contributed by atoms with E-state index in [1.165, 1.54) is 6.20 Å². The van der Waals surface area contributed by atoms with E-state index in [2.05, 4.69) is 10.3 Å². The van der Waals surface area contributed by atoms with Gasteiger partial charge in [-0.1, -0.05) is 11.6 Å². The van der Waals surface area contributed by atoms with Crippen molar-refractivity contribution in [3.05, 3.63) is 28.5 Å². The van der Waals surface area contributed by atoms with Crippen LogP contribution >= 0.6 is 11.6 Å². The second-order valence-electron chi connectivity index (χ2n) is 4.30. The Morgan fingerprint density at radius 3 is 2.75 bits per heavy atom. The van der Waals surface area contributed by atoms with Crippen LogP contribution in [0.4, 0.5) is 0 Å². The van der Waals surface area contributed by atoms with Crippen LogP contribution < -0.4 is 5.32 Å². The zero-order valence-corrected chi connectivity index (χ0v) is 10.3. The number of rotatable bonds is 3. The van der Waals surface area contributed by atoms with Gasteiger partial charge in [0.15, 0.2) is 0 Å². The summed E-state index contributed by atoms with van der Waals surface area (Å²) < 4.78 is 0. The summed E-state index contributed by atoms with van der Waals surface area (Å²) in [6.45, 7) is 5.19. The standard InChI is InChI=1S/C11H15ClN2O2/c1-7-4-9(12)8(5-13-7)10(15)14-6-11(2,3)16/h4-5,16H,6H2,1-3H3,(H,14,15). The molecule has 0 atom stereocenters. The molecule has 0 bridgehead atoms. The Balaban J connectivity index is 2.74. The molecule has 0 aliphatic heterocycles. The summed E-state index contributed by atoms with van der Waals surface area (Å²) in [5.74, 6) is -0.334. The van der Waals surface area contributed by atoms with E-state index >= 15 is 0 Å². The lowest BCUT2D eigenvalue weighted by molar-refractivity contribution is 0.0694. The van der Waals surface area contributed by atoms with Crippen LogP contribution in [0.3, 0.4) is 0 Å². The molecule has 0 aliphatic rings. The van der Waals surface area contributed by atoms with Gasteiger partial charge >= 0.3 is 0 Å². The van der Waals surface area contributed by atoms with Gasteiger partial charge in [-0.05, 0) is 26.8 Å². The fraction of sp³-hybridized carbons (Fsp3) is 0.455. The van der Waals surface area contributed by atoms with Crippen molar-refractivity contribution < 1.29 is 9.90 Å². The number of aryl methyl sites for hydroxylation is 1. The minimum atomic E-state index is -0.944. The van der Waals surface area contributed by atoms with Gasteiger partial charge in [0.25, 0.3) is 5.91 Å². The normalized spacial score (nSPS) is 11.3. The molecule has 0 saturated heterocycles. The molecule has 0 fully saturated rings. The predicted molar refractivity (Wildman–Crippen MR) is 62.6 cm³/mol. The third-order valence-corrected chi connectivity index (χ3v) is 2.23. The summed E-state index contributed by atoms with van der Waals surface area (Å²) in [6, 6.07) is 1.63. The van der Waals surface area contributed by atoms with E-state index in [9.17, 15) is 9.90 Å². The molecule has 2 N–H and O–H groups in total. The molecule has 0 radical (unpaired) electrons. The molecule has 0 saturated carbocycles. The van der Waals surface area contributed by atoms with Gasteiger partial charge in [0.1, 0.15) is 0 Å². The number of amides is 1. The van der Waals surface area contributed by atoms with Crippen LogP contribution in [0, 0.1) is 6.92 Å². The van der Waals surface area contributed by atoms with Gasteiger partial charge in [0, 0.05) is 18.4 Å². The van der Waals surface area contributed by atoms with Gasteiger partial charge in [0.2, 0.25) is 0 Å². The van der Waals surface area contributed by atoms with Crippen LogP contribution in [0.25, 0.3) is 0 Å². The Bertz CT molecular complexity index is 399. The fourth-order valence-corrected chi connectivity index (χ4v) is 1.38. The first-order valence-corrected chi connectivity index (χ1v) is 5.30. The maximum atomic E-state index is 11.7. The molecule has 0 unspecified atom stereocenters. The van der Waals surface area contributed by atoms with Crippen LogP contribution in [0.15, 0.2) is 12.3 Å². The van der Waals surface area contributed by atoms with Crippen LogP contribution in [0.5, 0.6) is 0 Å². The Hall–Kier alpha value is -1.13. The van der Waals surface area contributed by atoms with Crippen molar-refractivity contribution in [2.45, 2.75) is 26.4 Å². The fourth-order valence-electron chi connectivity index (χ4n) is 1.09. The summed E-state index contributed by atoms with van der Waals surface area (Å²) in [5, 5.41) is 12.4. The second kappa shape index (κ2) is 4.80. The number of carbonyl (C=O) groups excluding carboxylic acids is 1. The molecule has 1 aromatic heterocycles. The van der Waals surface area contributed by atoms with Crippen LogP contribution in [-0.2, 0) is 0 Å². The second-order valence-corrected chi connectivity index (χ2v) is 4.71. The molecule has 1 rings (SSSR count). The minimum Gasteiger partial charge on any atom is -0.389 e. The lowest BCUT2D eigenvalue weighted by Gasteiger charge is -2.17. The third kappa shape index (κ3) is 3.79. The molecule has 16 heavy (non-hydrogen) atoms. The molecule has 1 heterocycles. The van der Waals surface area contributed by atoms with Crippen molar-refractivity contribution in [3.8, 4) is 0 Å². The number of aromatic nitrogens is 1. The SMILES string of the molecule is Cc1cc(Cl)c(C(=O)NCC(C)(C)O)cn1. The highest BCUT2D eigenvalue weighted by atomic mass is 35.5. The number of pyridine rings is 1. The van der Waals surface area contributed by atoms with Crippen LogP contribution in [0.1, 0.15) is 29.9 Å². The van der Waals surface area contributed by atoms with Gasteiger partial charge in [-0.25, -0.2) is 0 Å². The van der Waals surface area contributed by atoms with E-state index in [1.807, 2.05) is 0 Å². The first-order valence-electron chi connectivity index (χ1n) is 4.92. The first-order chi connectivity index (χ1) is 7.29. The Morgan fingerprint density at radius 2 is 2.25 bits per heavy atom. The molecule has 0 aliphatic carbocycles. The van der Waals surface area contributed by atoms with Crippen molar-refractivity contribution in [1.82, 2.24) is 10.3 Å². The highest BCUT2D eigenvalue weighted by molar-refractivity contribution is 6.33. The molecular weight excluding hydrogens is 228 g/mol. The number of hydrogen-bond donors (Lipinski definition) is 2. The largest absolute Gasteiger partial charge is 0.389 e. The molecule has 1 aromatic rings. The minimum absolute atomic E-state index is 0.163. The lowest BCUT2D eigenvalue weighted by atomic mass is 10.1. The van der Waals surface area contributed by atoms with Crippen molar-refractivity contribution in [3.63, 3.8) is 0 Å². The highest BCUT2D eigenvalue weighted by Gasteiger charge is 2.16. The molecule has 1 amide bonds. The lowest BCUT2D eigenvalue weighted by Crippen LogP contribution is -2.38. The molecule has 88 valence electrons. The van der Waals surface area contributed by atoms with Crippen molar-refractivity contribution >= 4 is 17.5 Å². The smallest absolute Gasteiger partial charge is 0.254 e. The van der Waals surface area contributed by atoms with E-state index in [4.69, 9.17) is 11.6 Å². The van der Waals surface area contributed by atoms with E-state index in [-0.39, 0.29) is 12.5 Å². The van der Waals surface area contributed by atoms with Gasteiger partial charge in [0.05, 0.1) is 16.2 Å². The molecule has 0 aromatic carbocycles. The van der Waals surface area contributed by atoms with Crippen molar-refractivity contribution in [2.75, 3.05) is 6.54 Å². The Labute approximate surface area is 99.6 Å². The maximum Gasteiger partial charge on any atom is 0.254 e. The topological polar surface area (TPSA) is 62.2 Å². The average Bonchev–Trinajstić information content (AvgIpc) is 2.13. The summed E-state index contributed by atoms with van der Waals surface area (Å²) in [6.07, 6.45) is 1.43. The quantitative estimate of drug-likeness (QED) is 0.845. The number of carbonyl (C=O) groups is 1. The molecule has 0 spiro atoms. The molecule has 5 heteroatoms. The van der Waals surface area contributed by atoms with Gasteiger partial charge in [-0.3, -0.25) is 9.78 Å². The van der Waals surface area contributed by atoms with Gasteiger partial charge < -0.3 is 10.4 Å². The van der Waals surface area contributed by atoms with Crippen molar-refractivity contribution in [1.29, 1.82) is 0 Å². The van der Waals surface area contributed by atoms with E-state index < -0.39 is 5.60 Å². The number of nitrogens with one attached hydrogen (secondary N) is 1. The van der Waals surface area contributed by atoms with Crippen LogP contribution in [-0.4, -0.2) is 28.1 Å². The van der Waals surface area contributed by atoms with E-state index in [1.54, 1.807) is 26.8 Å². The summed E-state index contributed by atoms with van der Waals surface area (Å²) in [5.41, 5.74) is 0.126. The monoisotopic (exact) mass is 242 g/mol. The van der Waals surface area contributed by atoms with Gasteiger partial charge in [-0.15, -0.1) is 0 Å². The average molecular weight is 243 g/mol. The third-order valence-electron chi connectivity index (χ3n) is 1.92. The van der Waals surface area contributed by atoms with Gasteiger partial charge in [-0.2, -0.15) is 0 Å². The zero-order chi connectivity index (χ0) is 12.3. The number of halogens is 1. The van der Waals surface area contributed by atoms with E-state index in [0.29, 0.717) is 10.6 Å². The first kappa shape index (κ1) is 12.9. The zero-order valence-electron chi connectivity index (χ0n) is 9.54. The molecule has 4 nitrogen and oxygen atoms in total. The Kier molecular flexibility index (Phi) is 3.88. The van der Waals surface area contributed by atoms with Crippen LogP contribution in [0.2, 0.25) is 5.02 Å². The van der Waals surface area contributed by atoms with Crippen molar-refractivity contribution in [2.24, 2.45) is 0 Å².